The van der Waals surface area contributed by atoms with E-state index in [1.807, 2.05) is 24.3 Å². The van der Waals surface area contributed by atoms with Crippen molar-refractivity contribution >= 4 is 38.8 Å². The average Bonchev–Trinajstić information content (AvgIpc) is 3.73. The first kappa shape index (κ1) is 30.0. The van der Waals surface area contributed by atoms with E-state index in [0.29, 0.717) is 5.56 Å². The summed E-state index contributed by atoms with van der Waals surface area (Å²) in [7, 11) is 0. The molecule has 1 aliphatic rings. The smallest absolute Gasteiger partial charge is 0.0991 e. The Morgan fingerprint density at radius 2 is 1.10 bits per heavy atom. The van der Waals surface area contributed by atoms with E-state index in [4.69, 9.17) is 0 Å². The van der Waals surface area contributed by atoms with E-state index in [1.54, 1.807) is 0 Å². The van der Waals surface area contributed by atoms with Crippen LogP contribution in [0.3, 0.4) is 0 Å². The van der Waals surface area contributed by atoms with Crippen LogP contribution in [0.15, 0.2) is 170 Å². The minimum absolute atomic E-state index is 0.675. The Balaban J connectivity index is 1.09. The van der Waals surface area contributed by atoms with Gasteiger partial charge in [-0.2, -0.15) is 5.26 Å². The summed E-state index contributed by atoms with van der Waals surface area (Å²) >= 11 is 0. The quantitative estimate of drug-likeness (QED) is 0.180. The largest absolute Gasteiger partial charge is 0.313 e. The number of hydrogen-bond acceptors (Lipinski definition) is 1. The van der Waals surface area contributed by atoms with E-state index in [0.717, 1.165) is 29.7 Å². The van der Waals surface area contributed by atoms with Gasteiger partial charge in [-0.05, 0) is 101 Å². The van der Waals surface area contributed by atoms with Crippen molar-refractivity contribution < 1.29 is 0 Å². The van der Waals surface area contributed by atoms with Gasteiger partial charge in [-0.25, -0.2) is 0 Å². The molecule has 0 bridgehead atoms. The van der Waals surface area contributed by atoms with Gasteiger partial charge in [0.25, 0.3) is 0 Å². The van der Waals surface area contributed by atoms with Crippen LogP contribution in [0.5, 0.6) is 0 Å². The Morgan fingerprint density at radius 3 is 1.87 bits per heavy atom. The molecule has 0 saturated heterocycles. The molecular formula is C49H33N3. The number of fused-ring (bicyclic) bond motifs is 6. The molecule has 0 saturated carbocycles. The minimum atomic E-state index is 0.675. The van der Waals surface area contributed by atoms with E-state index in [2.05, 4.69) is 167 Å². The van der Waals surface area contributed by atoms with Crippen molar-refractivity contribution in [3.8, 4) is 50.8 Å². The molecule has 0 N–H and O–H groups in total. The number of para-hydroxylation sites is 2. The number of allylic oxidation sites excluding steroid dienone is 1. The molecule has 0 amide bonds. The van der Waals surface area contributed by atoms with Crippen LogP contribution in [0, 0.1) is 11.3 Å². The molecule has 9 aromatic rings. The number of aromatic nitrogens is 2. The fourth-order valence-electron chi connectivity index (χ4n) is 8.18. The molecule has 0 unspecified atom stereocenters. The molecule has 0 fully saturated rings. The fraction of sp³-hybridized carbons (Fsp3) is 0.0408. The highest BCUT2D eigenvalue weighted by Crippen LogP contribution is 2.40. The first-order valence-electron chi connectivity index (χ1n) is 17.9. The van der Waals surface area contributed by atoms with Gasteiger partial charge in [0.05, 0.1) is 33.9 Å². The Labute approximate surface area is 302 Å². The standard InChI is InChI=1S/C49H33N3/c50-32-33-18-20-34(21-19-33)35-22-26-39(27-23-35)51-46-16-8-5-13-41(46)43-30-37(24-28-48(43)51)38-25-29-49-44(31-38)42-14-6-9-17-47(42)52(49)45-15-7-4-12-40(45)36-10-2-1-3-11-36/h1-7,9-15,17-31H,8,16H2. The SMILES string of the molecule is N#Cc1ccc(-c2ccc(-n3c4c(c5cc(-c6ccc7c(c6)c6ccccc6n7-c6ccccc6-c6ccccc6)ccc53)C=CCC4)cc2)cc1. The van der Waals surface area contributed by atoms with Crippen molar-refractivity contribution in [1.82, 2.24) is 9.13 Å². The molecule has 0 radical (unpaired) electrons. The third kappa shape index (κ3) is 4.81. The van der Waals surface area contributed by atoms with Crippen molar-refractivity contribution in [3.63, 3.8) is 0 Å². The lowest BCUT2D eigenvalue weighted by molar-refractivity contribution is 0.888. The highest BCUT2D eigenvalue weighted by atomic mass is 15.0. The van der Waals surface area contributed by atoms with Crippen LogP contribution in [0.4, 0.5) is 0 Å². The number of nitriles is 1. The summed E-state index contributed by atoms with van der Waals surface area (Å²) in [6, 6.07) is 60.9. The van der Waals surface area contributed by atoms with Crippen LogP contribution < -0.4 is 0 Å². The predicted octanol–water partition coefficient (Wildman–Crippen LogP) is 12.6. The van der Waals surface area contributed by atoms with Gasteiger partial charge in [-0.1, -0.05) is 115 Å². The molecule has 3 heteroatoms. The van der Waals surface area contributed by atoms with Crippen molar-refractivity contribution in [2.45, 2.75) is 12.8 Å². The van der Waals surface area contributed by atoms with Crippen molar-refractivity contribution in [2.24, 2.45) is 0 Å². The van der Waals surface area contributed by atoms with E-state index in [1.165, 1.54) is 71.9 Å². The maximum absolute atomic E-state index is 9.21. The van der Waals surface area contributed by atoms with Crippen LogP contribution in [-0.2, 0) is 6.42 Å². The van der Waals surface area contributed by atoms with Gasteiger partial charge in [0.1, 0.15) is 0 Å². The van der Waals surface area contributed by atoms with Crippen LogP contribution in [0.25, 0.3) is 83.5 Å². The first-order valence-corrected chi connectivity index (χ1v) is 17.9. The molecule has 7 aromatic carbocycles. The average molecular weight is 664 g/mol. The Hall–Kier alpha value is -6.89. The summed E-state index contributed by atoms with van der Waals surface area (Å²) in [4.78, 5) is 0. The van der Waals surface area contributed by atoms with E-state index in [9.17, 15) is 5.26 Å². The summed E-state index contributed by atoms with van der Waals surface area (Å²) in [5.41, 5.74) is 16.4. The van der Waals surface area contributed by atoms with Crippen LogP contribution in [-0.4, -0.2) is 9.13 Å². The zero-order valence-electron chi connectivity index (χ0n) is 28.5. The fourth-order valence-corrected chi connectivity index (χ4v) is 8.18. The van der Waals surface area contributed by atoms with Gasteiger partial charge in [-0.3, -0.25) is 0 Å². The third-order valence-electron chi connectivity index (χ3n) is 10.6. The van der Waals surface area contributed by atoms with Crippen molar-refractivity contribution in [1.29, 1.82) is 5.26 Å². The normalized spacial score (nSPS) is 12.4. The molecule has 2 heterocycles. The maximum atomic E-state index is 9.21. The zero-order chi connectivity index (χ0) is 34.6. The number of benzene rings is 7. The second-order valence-electron chi connectivity index (χ2n) is 13.6. The van der Waals surface area contributed by atoms with E-state index in [-0.39, 0.29) is 0 Å². The first-order chi connectivity index (χ1) is 25.7. The molecular weight excluding hydrogens is 631 g/mol. The summed E-state index contributed by atoms with van der Waals surface area (Å²) in [5.74, 6) is 0. The van der Waals surface area contributed by atoms with Gasteiger partial charge in [0.2, 0.25) is 0 Å². The molecule has 0 spiro atoms. The van der Waals surface area contributed by atoms with Gasteiger partial charge in [0, 0.05) is 38.7 Å². The van der Waals surface area contributed by atoms with Crippen LogP contribution in [0.2, 0.25) is 0 Å². The predicted molar refractivity (Wildman–Crippen MR) is 216 cm³/mol. The second-order valence-corrected chi connectivity index (χ2v) is 13.6. The van der Waals surface area contributed by atoms with Crippen molar-refractivity contribution in [3.05, 3.63) is 187 Å². The van der Waals surface area contributed by atoms with Crippen molar-refractivity contribution in [2.75, 3.05) is 0 Å². The zero-order valence-corrected chi connectivity index (χ0v) is 28.5. The minimum Gasteiger partial charge on any atom is -0.313 e. The monoisotopic (exact) mass is 663 g/mol. The number of rotatable bonds is 5. The van der Waals surface area contributed by atoms with Crippen LogP contribution >= 0.6 is 0 Å². The lowest BCUT2D eigenvalue weighted by Gasteiger charge is -2.14. The van der Waals surface area contributed by atoms with Gasteiger partial charge >= 0.3 is 0 Å². The Bertz CT molecular complexity index is 2880. The lowest BCUT2D eigenvalue weighted by atomic mass is 9.98. The van der Waals surface area contributed by atoms with Crippen LogP contribution in [0.1, 0.15) is 23.2 Å². The molecule has 3 nitrogen and oxygen atoms in total. The molecule has 0 atom stereocenters. The molecule has 2 aromatic heterocycles. The highest BCUT2D eigenvalue weighted by molar-refractivity contribution is 6.11. The lowest BCUT2D eigenvalue weighted by Crippen LogP contribution is -2.02. The molecule has 52 heavy (non-hydrogen) atoms. The summed E-state index contributed by atoms with van der Waals surface area (Å²) in [6.07, 6.45) is 6.66. The molecule has 10 rings (SSSR count). The van der Waals surface area contributed by atoms with Gasteiger partial charge in [0.15, 0.2) is 0 Å². The topological polar surface area (TPSA) is 33.6 Å². The summed E-state index contributed by atoms with van der Waals surface area (Å²) < 4.78 is 4.87. The molecule has 0 aliphatic heterocycles. The maximum Gasteiger partial charge on any atom is 0.0991 e. The van der Waals surface area contributed by atoms with E-state index >= 15 is 0 Å². The second kappa shape index (κ2) is 12.2. The molecule has 244 valence electrons. The molecule has 1 aliphatic carbocycles. The van der Waals surface area contributed by atoms with Gasteiger partial charge in [-0.15, -0.1) is 0 Å². The third-order valence-corrected chi connectivity index (χ3v) is 10.6. The summed E-state index contributed by atoms with van der Waals surface area (Å²) in [6.45, 7) is 0. The van der Waals surface area contributed by atoms with Gasteiger partial charge < -0.3 is 9.13 Å². The number of hydrogen-bond donors (Lipinski definition) is 0. The van der Waals surface area contributed by atoms with E-state index < -0.39 is 0 Å². The highest BCUT2D eigenvalue weighted by Gasteiger charge is 2.20. The summed E-state index contributed by atoms with van der Waals surface area (Å²) in [5, 5.41) is 13.0. The Kier molecular flexibility index (Phi) is 7.01. The Morgan fingerprint density at radius 1 is 0.481 bits per heavy atom. The number of nitrogens with zero attached hydrogens (tertiary/aromatic N) is 3.